The van der Waals surface area contributed by atoms with Gasteiger partial charge in [0.2, 0.25) is 10.0 Å². The summed E-state index contributed by atoms with van der Waals surface area (Å²) in [5, 5.41) is 0. The van der Waals surface area contributed by atoms with Crippen molar-refractivity contribution in [2.24, 2.45) is 5.73 Å². The van der Waals surface area contributed by atoms with Crippen LogP contribution in [-0.4, -0.2) is 33.6 Å². The van der Waals surface area contributed by atoms with Crippen LogP contribution in [0.3, 0.4) is 0 Å². The zero-order chi connectivity index (χ0) is 16.0. The second-order valence-electron chi connectivity index (χ2n) is 4.56. The van der Waals surface area contributed by atoms with Crippen LogP contribution in [0.5, 0.6) is 0 Å². The average Bonchev–Trinajstić information content (AvgIpc) is 2.37. The lowest BCUT2D eigenvalue weighted by Gasteiger charge is -2.10. The molecule has 0 saturated heterocycles. The van der Waals surface area contributed by atoms with E-state index in [0.29, 0.717) is 6.42 Å². The topological polar surface area (TPSA) is 98.5 Å². The summed E-state index contributed by atoms with van der Waals surface area (Å²) in [6, 6.07) is 2.70. The molecule has 0 saturated carbocycles. The largest absolute Gasteiger partial charge is 0.462 e. The number of esters is 1. The predicted octanol–water partition coefficient (Wildman–Crippen LogP) is 1.02. The zero-order valence-corrected chi connectivity index (χ0v) is 12.7. The van der Waals surface area contributed by atoms with Crippen molar-refractivity contribution in [3.63, 3.8) is 0 Å². The van der Waals surface area contributed by atoms with Gasteiger partial charge in [0.15, 0.2) is 0 Å². The molecule has 0 spiro atoms. The molecule has 0 aliphatic heterocycles. The van der Waals surface area contributed by atoms with E-state index in [0.717, 1.165) is 18.2 Å². The molecule has 0 amide bonds. The molecule has 3 N–H and O–H groups in total. The molecule has 0 radical (unpaired) electrons. The highest BCUT2D eigenvalue weighted by molar-refractivity contribution is 7.89. The SMILES string of the molecule is CCOC(=O)c1cc(F)cc(S(=O)(=O)NCCC(C)N)c1. The minimum atomic E-state index is -3.90. The molecule has 0 aliphatic carbocycles. The Hall–Kier alpha value is -1.51. The van der Waals surface area contributed by atoms with E-state index in [9.17, 15) is 17.6 Å². The highest BCUT2D eigenvalue weighted by Gasteiger charge is 2.18. The van der Waals surface area contributed by atoms with E-state index < -0.39 is 21.8 Å². The Morgan fingerprint density at radius 3 is 2.67 bits per heavy atom. The molecule has 1 atom stereocenters. The van der Waals surface area contributed by atoms with Crippen LogP contribution >= 0.6 is 0 Å². The molecule has 1 aromatic rings. The van der Waals surface area contributed by atoms with Gasteiger partial charge in [0.1, 0.15) is 5.82 Å². The van der Waals surface area contributed by atoms with E-state index in [1.54, 1.807) is 13.8 Å². The molecule has 1 rings (SSSR count). The lowest BCUT2D eigenvalue weighted by Crippen LogP contribution is -2.29. The third-order valence-corrected chi connectivity index (χ3v) is 4.02. The van der Waals surface area contributed by atoms with Crippen LogP contribution in [0, 0.1) is 5.82 Å². The minimum Gasteiger partial charge on any atom is -0.462 e. The van der Waals surface area contributed by atoms with E-state index >= 15 is 0 Å². The van der Waals surface area contributed by atoms with E-state index in [1.807, 2.05) is 0 Å². The monoisotopic (exact) mass is 318 g/mol. The van der Waals surface area contributed by atoms with Gasteiger partial charge in [-0.2, -0.15) is 0 Å². The van der Waals surface area contributed by atoms with Gasteiger partial charge in [-0.3, -0.25) is 0 Å². The maximum Gasteiger partial charge on any atom is 0.338 e. The number of nitrogens with two attached hydrogens (primary N) is 1. The van der Waals surface area contributed by atoms with Gasteiger partial charge in [0.05, 0.1) is 17.1 Å². The summed E-state index contributed by atoms with van der Waals surface area (Å²) in [7, 11) is -3.90. The first kappa shape index (κ1) is 17.5. The fourth-order valence-corrected chi connectivity index (χ4v) is 2.66. The normalized spacial score (nSPS) is 13.0. The number of hydrogen-bond acceptors (Lipinski definition) is 5. The second kappa shape index (κ2) is 7.48. The number of hydrogen-bond donors (Lipinski definition) is 2. The number of benzene rings is 1. The first-order chi connectivity index (χ1) is 9.76. The smallest absolute Gasteiger partial charge is 0.338 e. The molecule has 0 aromatic heterocycles. The third-order valence-electron chi connectivity index (χ3n) is 2.58. The molecule has 0 fully saturated rings. The van der Waals surface area contributed by atoms with E-state index in [4.69, 9.17) is 10.5 Å². The van der Waals surface area contributed by atoms with Crippen molar-refractivity contribution in [3.8, 4) is 0 Å². The van der Waals surface area contributed by atoms with Gasteiger partial charge >= 0.3 is 5.97 Å². The fraction of sp³-hybridized carbons (Fsp3) is 0.462. The Bertz CT molecular complexity index is 602. The summed E-state index contributed by atoms with van der Waals surface area (Å²) in [6.45, 7) is 3.59. The van der Waals surface area contributed by atoms with Gasteiger partial charge in [0, 0.05) is 12.6 Å². The fourth-order valence-electron chi connectivity index (χ4n) is 1.55. The van der Waals surface area contributed by atoms with Gasteiger partial charge in [0.25, 0.3) is 0 Å². The van der Waals surface area contributed by atoms with Gasteiger partial charge in [-0.15, -0.1) is 0 Å². The summed E-state index contributed by atoms with van der Waals surface area (Å²) in [5.41, 5.74) is 5.38. The summed E-state index contributed by atoms with van der Waals surface area (Å²) in [5.74, 6) is -1.60. The van der Waals surface area contributed by atoms with Gasteiger partial charge in [-0.05, 0) is 38.5 Å². The second-order valence-corrected chi connectivity index (χ2v) is 6.33. The van der Waals surface area contributed by atoms with Crippen molar-refractivity contribution in [3.05, 3.63) is 29.6 Å². The number of carbonyl (C=O) groups is 1. The molecule has 0 heterocycles. The van der Waals surface area contributed by atoms with E-state index in [1.165, 1.54) is 0 Å². The van der Waals surface area contributed by atoms with Crippen molar-refractivity contribution >= 4 is 16.0 Å². The molecular formula is C13H19FN2O4S. The molecule has 118 valence electrons. The summed E-state index contributed by atoms with van der Waals surface area (Å²) in [6.07, 6.45) is 0.444. The van der Waals surface area contributed by atoms with E-state index in [-0.39, 0.29) is 29.7 Å². The van der Waals surface area contributed by atoms with Crippen molar-refractivity contribution in [1.82, 2.24) is 4.72 Å². The Labute approximate surface area is 123 Å². The molecule has 1 unspecified atom stereocenters. The number of nitrogens with one attached hydrogen (secondary N) is 1. The van der Waals surface area contributed by atoms with Gasteiger partial charge < -0.3 is 10.5 Å². The predicted molar refractivity (Wildman–Crippen MR) is 75.8 cm³/mol. The van der Waals surface area contributed by atoms with Crippen LogP contribution in [0.1, 0.15) is 30.6 Å². The van der Waals surface area contributed by atoms with Crippen LogP contribution in [-0.2, 0) is 14.8 Å². The number of sulfonamides is 1. The lowest BCUT2D eigenvalue weighted by molar-refractivity contribution is 0.0525. The molecular weight excluding hydrogens is 299 g/mol. The molecule has 21 heavy (non-hydrogen) atoms. The quantitative estimate of drug-likeness (QED) is 0.731. The molecule has 0 aliphatic rings. The minimum absolute atomic E-state index is 0.115. The van der Waals surface area contributed by atoms with E-state index in [2.05, 4.69) is 4.72 Å². The van der Waals surface area contributed by atoms with Crippen LogP contribution in [0.25, 0.3) is 0 Å². The lowest BCUT2D eigenvalue weighted by atomic mass is 10.2. The summed E-state index contributed by atoms with van der Waals surface area (Å²) in [4.78, 5) is 11.2. The maximum atomic E-state index is 13.5. The van der Waals surface area contributed by atoms with Crippen LogP contribution in [0.2, 0.25) is 0 Å². The molecule has 8 heteroatoms. The van der Waals surface area contributed by atoms with Crippen molar-refractivity contribution in [1.29, 1.82) is 0 Å². The maximum absolute atomic E-state index is 13.5. The molecule has 0 bridgehead atoms. The standard InChI is InChI=1S/C13H19FN2O4S/c1-3-20-13(17)10-6-11(14)8-12(7-10)21(18,19)16-5-4-9(2)15/h6-9,16H,3-5,15H2,1-2H3. The van der Waals surface area contributed by atoms with Crippen LogP contribution < -0.4 is 10.5 Å². The Morgan fingerprint density at radius 1 is 1.43 bits per heavy atom. The van der Waals surface area contributed by atoms with Crippen molar-refractivity contribution < 1.29 is 22.3 Å². The number of rotatable bonds is 7. The van der Waals surface area contributed by atoms with Crippen LogP contribution in [0.4, 0.5) is 4.39 Å². The van der Waals surface area contributed by atoms with Crippen molar-refractivity contribution in [2.75, 3.05) is 13.2 Å². The highest BCUT2D eigenvalue weighted by Crippen LogP contribution is 2.15. The first-order valence-corrected chi connectivity index (χ1v) is 7.97. The number of carbonyl (C=O) groups excluding carboxylic acids is 1. The average molecular weight is 318 g/mol. The van der Waals surface area contributed by atoms with Gasteiger partial charge in [-0.25, -0.2) is 22.3 Å². The van der Waals surface area contributed by atoms with Gasteiger partial charge in [-0.1, -0.05) is 0 Å². The molecule has 6 nitrogen and oxygen atoms in total. The Kier molecular flexibility index (Phi) is 6.25. The van der Waals surface area contributed by atoms with Crippen molar-refractivity contribution in [2.45, 2.75) is 31.2 Å². The Morgan fingerprint density at radius 2 is 2.10 bits per heavy atom. The zero-order valence-electron chi connectivity index (χ0n) is 11.9. The Balaban J connectivity index is 2.98. The highest BCUT2D eigenvalue weighted by atomic mass is 32.2. The number of halogens is 1. The number of ether oxygens (including phenoxy) is 1. The molecule has 1 aromatic carbocycles. The summed E-state index contributed by atoms with van der Waals surface area (Å²) < 4.78 is 44.6. The third kappa shape index (κ3) is 5.41. The summed E-state index contributed by atoms with van der Waals surface area (Å²) >= 11 is 0. The van der Waals surface area contributed by atoms with Crippen LogP contribution in [0.15, 0.2) is 23.1 Å². The first-order valence-electron chi connectivity index (χ1n) is 6.49.